The number of nitrogens with zero attached hydrogens (tertiary/aromatic N) is 1. The van der Waals surface area contributed by atoms with Gasteiger partial charge in [-0.15, -0.1) is 0 Å². The average Bonchev–Trinajstić information content (AvgIpc) is 3.34. The number of ether oxygens (including phenoxy) is 2. The Labute approximate surface area is 142 Å². The van der Waals surface area contributed by atoms with Crippen molar-refractivity contribution in [1.82, 2.24) is 4.57 Å². The first-order valence-electron chi connectivity index (χ1n) is 8.86. The minimum atomic E-state index is -0.233. The predicted molar refractivity (Wildman–Crippen MR) is 93.5 cm³/mol. The molecule has 2 aliphatic rings. The minimum Gasteiger partial charge on any atom is -0.465 e. The highest BCUT2D eigenvalue weighted by molar-refractivity contribution is 6.06. The molecule has 1 aliphatic heterocycles. The van der Waals surface area contributed by atoms with Gasteiger partial charge >= 0.3 is 5.97 Å². The van der Waals surface area contributed by atoms with E-state index in [1.807, 2.05) is 0 Å². The number of carbonyl (C=O) groups is 1. The van der Waals surface area contributed by atoms with E-state index in [1.54, 1.807) is 0 Å². The Kier molecular flexibility index (Phi) is 3.68. The van der Waals surface area contributed by atoms with Crippen molar-refractivity contribution >= 4 is 16.9 Å². The third-order valence-corrected chi connectivity index (χ3v) is 5.94. The van der Waals surface area contributed by atoms with Gasteiger partial charge in [-0.25, -0.2) is 4.79 Å². The van der Waals surface area contributed by atoms with Gasteiger partial charge < -0.3 is 14.0 Å². The number of aromatic nitrogens is 1. The standard InChI is InChI=1S/C20H25NO3/c1-13-4-5-16-17(12-13)21(14(2)18(16)19(22)23-3)20(8-9-20)15-6-10-24-11-7-15/h4-5,12,15H,6-11H2,1-3H3. The van der Waals surface area contributed by atoms with Crippen molar-refractivity contribution in [2.75, 3.05) is 20.3 Å². The van der Waals surface area contributed by atoms with Gasteiger partial charge in [0.1, 0.15) is 0 Å². The molecule has 0 radical (unpaired) electrons. The maximum atomic E-state index is 12.4. The first kappa shape index (κ1) is 15.7. The van der Waals surface area contributed by atoms with Crippen LogP contribution < -0.4 is 0 Å². The van der Waals surface area contributed by atoms with Crippen LogP contribution in [0.15, 0.2) is 18.2 Å². The summed E-state index contributed by atoms with van der Waals surface area (Å²) in [6.07, 6.45) is 4.60. The molecule has 1 aromatic carbocycles. The van der Waals surface area contributed by atoms with Crippen LogP contribution >= 0.6 is 0 Å². The summed E-state index contributed by atoms with van der Waals surface area (Å²) in [5.74, 6) is 0.398. The molecule has 0 amide bonds. The smallest absolute Gasteiger partial charge is 0.340 e. The third kappa shape index (κ3) is 2.20. The molecule has 0 atom stereocenters. The first-order valence-corrected chi connectivity index (χ1v) is 8.86. The van der Waals surface area contributed by atoms with Gasteiger partial charge in [0.05, 0.1) is 12.7 Å². The van der Waals surface area contributed by atoms with E-state index in [1.165, 1.54) is 31.0 Å². The molecule has 2 heterocycles. The number of fused-ring (bicyclic) bond motifs is 1. The molecule has 1 saturated heterocycles. The number of carbonyl (C=O) groups excluding carboxylic acids is 1. The molecule has 4 nitrogen and oxygen atoms in total. The van der Waals surface area contributed by atoms with Crippen molar-refractivity contribution in [1.29, 1.82) is 0 Å². The Morgan fingerprint density at radius 3 is 2.58 bits per heavy atom. The van der Waals surface area contributed by atoms with Gasteiger partial charge in [0.25, 0.3) is 0 Å². The monoisotopic (exact) mass is 327 g/mol. The lowest BCUT2D eigenvalue weighted by Crippen LogP contribution is -2.33. The highest BCUT2D eigenvalue weighted by Crippen LogP contribution is 2.55. The number of benzene rings is 1. The van der Waals surface area contributed by atoms with E-state index in [4.69, 9.17) is 9.47 Å². The Balaban J connectivity index is 1.93. The van der Waals surface area contributed by atoms with Gasteiger partial charge in [-0.1, -0.05) is 12.1 Å². The topological polar surface area (TPSA) is 40.5 Å². The molecule has 128 valence electrons. The van der Waals surface area contributed by atoms with Gasteiger partial charge in [-0.3, -0.25) is 0 Å². The summed E-state index contributed by atoms with van der Waals surface area (Å²) in [6, 6.07) is 6.36. The predicted octanol–water partition coefficient (Wildman–Crippen LogP) is 3.96. The average molecular weight is 327 g/mol. The van der Waals surface area contributed by atoms with Crippen LogP contribution in [0.4, 0.5) is 0 Å². The Morgan fingerprint density at radius 2 is 1.96 bits per heavy atom. The molecule has 4 heteroatoms. The van der Waals surface area contributed by atoms with E-state index in [9.17, 15) is 4.79 Å². The van der Waals surface area contributed by atoms with Gasteiger partial charge in [0, 0.05) is 35.3 Å². The first-order chi connectivity index (χ1) is 11.6. The summed E-state index contributed by atoms with van der Waals surface area (Å²) >= 11 is 0. The minimum absolute atomic E-state index is 0.159. The lowest BCUT2D eigenvalue weighted by atomic mass is 9.89. The van der Waals surface area contributed by atoms with E-state index < -0.39 is 0 Å². The number of esters is 1. The van der Waals surface area contributed by atoms with Crippen LogP contribution in [0.3, 0.4) is 0 Å². The maximum absolute atomic E-state index is 12.4. The van der Waals surface area contributed by atoms with Crippen molar-refractivity contribution in [2.24, 2.45) is 5.92 Å². The van der Waals surface area contributed by atoms with E-state index >= 15 is 0 Å². The van der Waals surface area contributed by atoms with Gasteiger partial charge in [0.15, 0.2) is 0 Å². The van der Waals surface area contributed by atoms with Crippen LogP contribution in [0, 0.1) is 19.8 Å². The van der Waals surface area contributed by atoms with Gasteiger partial charge in [-0.2, -0.15) is 0 Å². The fraction of sp³-hybridized carbons (Fsp3) is 0.550. The van der Waals surface area contributed by atoms with Crippen LogP contribution in [0.1, 0.15) is 47.3 Å². The van der Waals surface area contributed by atoms with Crippen LogP contribution in [0.5, 0.6) is 0 Å². The van der Waals surface area contributed by atoms with Crippen LogP contribution in [-0.4, -0.2) is 30.9 Å². The lowest BCUT2D eigenvalue weighted by molar-refractivity contribution is 0.0432. The Bertz CT molecular complexity index is 795. The largest absolute Gasteiger partial charge is 0.465 e. The second-order valence-corrected chi connectivity index (χ2v) is 7.30. The highest BCUT2D eigenvalue weighted by Gasteiger charge is 2.52. The van der Waals surface area contributed by atoms with Crippen LogP contribution in [0.2, 0.25) is 0 Å². The molecule has 1 aromatic heterocycles. The molecule has 4 rings (SSSR count). The normalized spacial score (nSPS) is 20.3. The lowest BCUT2D eigenvalue weighted by Gasteiger charge is -2.33. The summed E-state index contributed by atoms with van der Waals surface area (Å²) in [7, 11) is 1.46. The van der Waals surface area contributed by atoms with Crippen molar-refractivity contribution in [3.8, 4) is 0 Å². The maximum Gasteiger partial charge on any atom is 0.340 e. The van der Waals surface area contributed by atoms with Crippen molar-refractivity contribution < 1.29 is 14.3 Å². The second kappa shape index (κ2) is 5.62. The number of rotatable bonds is 3. The SMILES string of the molecule is COC(=O)c1c(C)n(C2(C3CCOCC3)CC2)c2cc(C)ccc12. The molecule has 0 N–H and O–H groups in total. The molecule has 1 aliphatic carbocycles. The Morgan fingerprint density at radius 1 is 1.25 bits per heavy atom. The van der Waals surface area contributed by atoms with Crippen molar-refractivity contribution in [3.63, 3.8) is 0 Å². The molecule has 2 fully saturated rings. The van der Waals surface area contributed by atoms with E-state index in [0.717, 1.165) is 42.7 Å². The fourth-order valence-corrected chi connectivity index (χ4v) is 4.64. The Hall–Kier alpha value is -1.81. The quantitative estimate of drug-likeness (QED) is 0.801. The zero-order valence-corrected chi connectivity index (χ0v) is 14.7. The molecule has 24 heavy (non-hydrogen) atoms. The van der Waals surface area contributed by atoms with Crippen molar-refractivity contribution in [2.45, 2.75) is 45.1 Å². The van der Waals surface area contributed by atoms with Gasteiger partial charge in [-0.05, 0) is 57.1 Å². The zero-order chi connectivity index (χ0) is 16.9. The number of hydrogen-bond acceptors (Lipinski definition) is 3. The summed E-state index contributed by atoms with van der Waals surface area (Å²) in [5.41, 5.74) is 4.33. The molecular formula is C20H25NO3. The molecular weight excluding hydrogens is 302 g/mol. The molecule has 0 spiro atoms. The number of aryl methyl sites for hydroxylation is 1. The molecule has 0 bridgehead atoms. The van der Waals surface area contributed by atoms with E-state index in [0.29, 0.717) is 5.92 Å². The number of methoxy groups -OCH3 is 1. The van der Waals surface area contributed by atoms with Crippen LogP contribution in [-0.2, 0) is 15.0 Å². The fourth-order valence-electron chi connectivity index (χ4n) is 4.64. The highest BCUT2D eigenvalue weighted by atomic mass is 16.5. The number of hydrogen-bond donors (Lipinski definition) is 0. The summed E-state index contributed by atoms with van der Waals surface area (Å²) in [5, 5.41) is 1.02. The summed E-state index contributed by atoms with van der Waals surface area (Å²) < 4.78 is 13.1. The van der Waals surface area contributed by atoms with Crippen molar-refractivity contribution in [3.05, 3.63) is 35.0 Å². The van der Waals surface area contributed by atoms with Gasteiger partial charge in [0.2, 0.25) is 0 Å². The van der Waals surface area contributed by atoms with Crippen LogP contribution in [0.25, 0.3) is 10.9 Å². The zero-order valence-electron chi connectivity index (χ0n) is 14.7. The second-order valence-electron chi connectivity index (χ2n) is 7.30. The third-order valence-electron chi connectivity index (χ3n) is 5.94. The molecule has 1 saturated carbocycles. The summed E-state index contributed by atoms with van der Waals surface area (Å²) in [6.45, 7) is 5.89. The summed E-state index contributed by atoms with van der Waals surface area (Å²) in [4.78, 5) is 12.4. The molecule has 0 unspecified atom stereocenters. The van der Waals surface area contributed by atoms with E-state index in [-0.39, 0.29) is 11.5 Å². The molecule has 2 aromatic rings. The van der Waals surface area contributed by atoms with E-state index in [2.05, 4.69) is 36.6 Å².